The monoisotopic (exact) mass is 282 g/mol. The number of hydrogen-bond acceptors (Lipinski definition) is 2. The molecule has 2 amide bonds. The number of anilines is 1. The minimum atomic E-state index is -0.214. The molecule has 0 fully saturated rings. The van der Waals surface area contributed by atoms with E-state index in [1.165, 1.54) is 11.8 Å². The predicted octanol–water partition coefficient (Wildman–Crippen LogP) is 2.84. The number of hydrogen-bond donors (Lipinski definition) is 1. The Morgan fingerprint density at radius 2 is 2.00 bits per heavy atom. The summed E-state index contributed by atoms with van der Waals surface area (Å²) in [6, 6.07) is 5.25. The van der Waals surface area contributed by atoms with Crippen LogP contribution in [0, 0.1) is 6.92 Å². The Labute approximate surface area is 118 Å². The number of benzene rings is 1. The van der Waals surface area contributed by atoms with Crippen LogP contribution in [0.5, 0.6) is 0 Å². The molecule has 0 radical (unpaired) electrons. The molecule has 0 spiro atoms. The van der Waals surface area contributed by atoms with Gasteiger partial charge in [0.05, 0.1) is 0 Å². The van der Waals surface area contributed by atoms with Gasteiger partial charge in [-0.3, -0.25) is 9.59 Å². The highest BCUT2D eigenvalue weighted by Gasteiger charge is 2.16. The van der Waals surface area contributed by atoms with Gasteiger partial charge in [0.1, 0.15) is 6.54 Å². The minimum Gasteiger partial charge on any atom is -0.331 e. The quantitative estimate of drug-likeness (QED) is 0.923. The Balaban J connectivity index is 2.72. The first kappa shape index (κ1) is 15.5. The zero-order valence-electron chi connectivity index (χ0n) is 11.7. The normalized spacial score (nSPS) is 10.4. The van der Waals surface area contributed by atoms with Gasteiger partial charge in [0.15, 0.2) is 0 Å². The smallest absolute Gasteiger partial charge is 0.244 e. The first-order chi connectivity index (χ1) is 8.81. The highest BCUT2D eigenvalue weighted by Crippen LogP contribution is 2.19. The first-order valence-electron chi connectivity index (χ1n) is 6.14. The second-order valence-corrected chi connectivity index (χ2v) is 5.18. The van der Waals surface area contributed by atoms with Crippen molar-refractivity contribution in [3.05, 3.63) is 28.8 Å². The molecule has 5 heteroatoms. The van der Waals surface area contributed by atoms with E-state index in [0.717, 1.165) is 5.56 Å². The van der Waals surface area contributed by atoms with Gasteiger partial charge in [-0.1, -0.05) is 11.6 Å². The third-order valence-corrected chi connectivity index (χ3v) is 3.04. The van der Waals surface area contributed by atoms with E-state index in [9.17, 15) is 9.59 Å². The van der Waals surface area contributed by atoms with Crippen LogP contribution in [0.3, 0.4) is 0 Å². The van der Waals surface area contributed by atoms with E-state index in [1.54, 1.807) is 18.2 Å². The fourth-order valence-electron chi connectivity index (χ4n) is 1.77. The Bertz CT molecular complexity index is 486. The number of aryl methyl sites for hydroxylation is 1. The maximum absolute atomic E-state index is 11.9. The summed E-state index contributed by atoms with van der Waals surface area (Å²) in [4.78, 5) is 24.9. The van der Waals surface area contributed by atoms with Gasteiger partial charge in [0.25, 0.3) is 0 Å². The molecule has 0 aliphatic rings. The summed E-state index contributed by atoms with van der Waals surface area (Å²) in [5.41, 5.74) is 1.60. The maximum Gasteiger partial charge on any atom is 0.244 e. The summed E-state index contributed by atoms with van der Waals surface area (Å²) in [7, 11) is 0. The highest BCUT2D eigenvalue weighted by molar-refractivity contribution is 6.30. The Morgan fingerprint density at radius 1 is 1.37 bits per heavy atom. The largest absolute Gasteiger partial charge is 0.331 e. The molecule has 0 saturated heterocycles. The Kier molecular flexibility index (Phi) is 5.36. The number of nitrogens with one attached hydrogen (secondary N) is 1. The van der Waals surface area contributed by atoms with Gasteiger partial charge in [0, 0.05) is 23.7 Å². The highest BCUT2D eigenvalue weighted by atomic mass is 35.5. The molecule has 104 valence electrons. The summed E-state index contributed by atoms with van der Waals surface area (Å²) >= 11 is 5.86. The molecule has 4 nitrogen and oxygen atoms in total. The van der Waals surface area contributed by atoms with E-state index in [2.05, 4.69) is 5.32 Å². The SMILES string of the molecule is CC(=O)N(CC(=O)Nc1ccc(Cl)cc1C)C(C)C. The Hall–Kier alpha value is -1.55. The number of halogens is 1. The van der Waals surface area contributed by atoms with Gasteiger partial charge in [0.2, 0.25) is 11.8 Å². The van der Waals surface area contributed by atoms with Gasteiger partial charge >= 0.3 is 0 Å². The Morgan fingerprint density at radius 3 is 2.47 bits per heavy atom. The van der Waals surface area contributed by atoms with Crippen molar-refractivity contribution in [2.24, 2.45) is 0 Å². The molecule has 0 saturated carbocycles. The molecule has 0 atom stereocenters. The first-order valence-corrected chi connectivity index (χ1v) is 6.52. The van der Waals surface area contributed by atoms with E-state index in [4.69, 9.17) is 11.6 Å². The predicted molar refractivity (Wildman–Crippen MR) is 77.3 cm³/mol. The molecule has 1 aromatic rings. The molecule has 1 N–H and O–H groups in total. The lowest BCUT2D eigenvalue weighted by atomic mass is 10.2. The summed E-state index contributed by atoms with van der Waals surface area (Å²) in [5, 5.41) is 3.41. The number of carbonyl (C=O) groups excluding carboxylic acids is 2. The summed E-state index contributed by atoms with van der Waals surface area (Å²) in [5.74, 6) is -0.327. The van der Waals surface area contributed by atoms with Crippen LogP contribution >= 0.6 is 11.6 Å². The van der Waals surface area contributed by atoms with Crippen molar-refractivity contribution in [2.45, 2.75) is 33.7 Å². The van der Waals surface area contributed by atoms with Crippen molar-refractivity contribution >= 4 is 29.1 Å². The standard InChI is InChI=1S/C14H19ClN2O2/c1-9(2)17(11(4)18)8-14(19)16-13-6-5-12(15)7-10(13)3/h5-7,9H,8H2,1-4H3,(H,16,19). The molecule has 1 rings (SSSR count). The molecule has 0 aromatic heterocycles. The average Bonchev–Trinajstić information content (AvgIpc) is 2.29. The van der Waals surface area contributed by atoms with Crippen molar-refractivity contribution in [1.82, 2.24) is 4.90 Å². The van der Waals surface area contributed by atoms with Gasteiger partial charge in [-0.2, -0.15) is 0 Å². The van der Waals surface area contributed by atoms with Crippen LogP contribution in [0.2, 0.25) is 5.02 Å². The number of amides is 2. The summed E-state index contributed by atoms with van der Waals surface area (Å²) in [6.07, 6.45) is 0. The minimum absolute atomic E-state index is 0.00503. The fraction of sp³-hybridized carbons (Fsp3) is 0.429. The molecule has 0 unspecified atom stereocenters. The number of rotatable bonds is 4. The van der Waals surface area contributed by atoms with E-state index < -0.39 is 0 Å². The lowest BCUT2D eigenvalue weighted by Crippen LogP contribution is -2.41. The topological polar surface area (TPSA) is 49.4 Å². The molecule has 0 aliphatic heterocycles. The van der Waals surface area contributed by atoms with E-state index in [1.807, 2.05) is 20.8 Å². The van der Waals surface area contributed by atoms with Crippen LogP contribution in [0.4, 0.5) is 5.69 Å². The lowest BCUT2D eigenvalue weighted by Gasteiger charge is -2.24. The van der Waals surface area contributed by atoms with Crippen molar-refractivity contribution in [3.8, 4) is 0 Å². The van der Waals surface area contributed by atoms with E-state index >= 15 is 0 Å². The van der Waals surface area contributed by atoms with Crippen LogP contribution < -0.4 is 5.32 Å². The molecule has 0 heterocycles. The van der Waals surface area contributed by atoms with Crippen molar-refractivity contribution in [1.29, 1.82) is 0 Å². The molecular weight excluding hydrogens is 264 g/mol. The van der Waals surface area contributed by atoms with Crippen LogP contribution in [0.15, 0.2) is 18.2 Å². The van der Waals surface area contributed by atoms with Crippen LogP contribution in [0.25, 0.3) is 0 Å². The average molecular weight is 283 g/mol. The molecule has 1 aromatic carbocycles. The second kappa shape index (κ2) is 6.57. The number of carbonyl (C=O) groups is 2. The van der Waals surface area contributed by atoms with Crippen molar-refractivity contribution in [3.63, 3.8) is 0 Å². The number of nitrogens with zero attached hydrogens (tertiary/aromatic N) is 1. The molecule has 0 bridgehead atoms. The van der Waals surface area contributed by atoms with Gasteiger partial charge in [-0.15, -0.1) is 0 Å². The summed E-state index contributed by atoms with van der Waals surface area (Å²) in [6.45, 7) is 7.13. The zero-order valence-corrected chi connectivity index (χ0v) is 12.4. The van der Waals surface area contributed by atoms with Gasteiger partial charge in [-0.05, 0) is 44.5 Å². The molecule has 19 heavy (non-hydrogen) atoms. The van der Waals surface area contributed by atoms with E-state index in [-0.39, 0.29) is 24.4 Å². The summed E-state index contributed by atoms with van der Waals surface area (Å²) < 4.78 is 0. The van der Waals surface area contributed by atoms with Crippen LogP contribution in [-0.4, -0.2) is 29.3 Å². The van der Waals surface area contributed by atoms with Crippen molar-refractivity contribution < 1.29 is 9.59 Å². The third-order valence-electron chi connectivity index (χ3n) is 2.80. The lowest BCUT2D eigenvalue weighted by molar-refractivity contribution is -0.134. The zero-order chi connectivity index (χ0) is 14.6. The van der Waals surface area contributed by atoms with Gasteiger partial charge < -0.3 is 10.2 Å². The van der Waals surface area contributed by atoms with E-state index in [0.29, 0.717) is 10.7 Å². The third kappa shape index (κ3) is 4.56. The second-order valence-electron chi connectivity index (χ2n) is 4.75. The molecular formula is C14H19ClN2O2. The van der Waals surface area contributed by atoms with Crippen LogP contribution in [0.1, 0.15) is 26.3 Å². The maximum atomic E-state index is 11.9. The van der Waals surface area contributed by atoms with Gasteiger partial charge in [-0.25, -0.2) is 0 Å². The fourth-order valence-corrected chi connectivity index (χ4v) is 2.00. The van der Waals surface area contributed by atoms with Crippen LogP contribution in [-0.2, 0) is 9.59 Å². The van der Waals surface area contributed by atoms with Crippen molar-refractivity contribution in [2.75, 3.05) is 11.9 Å². The molecule has 0 aliphatic carbocycles.